The van der Waals surface area contributed by atoms with Crippen molar-refractivity contribution in [1.29, 1.82) is 0 Å². The van der Waals surface area contributed by atoms with Gasteiger partial charge in [0.1, 0.15) is 12.1 Å². The maximum Gasteiger partial charge on any atom is 0.325 e. The lowest BCUT2D eigenvalue weighted by atomic mass is 9.73. The van der Waals surface area contributed by atoms with Crippen LogP contribution in [0.1, 0.15) is 57.9 Å². The maximum absolute atomic E-state index is 12.9. The Hall–Kier alpha value is -2.37. The number of urea groups is 1. The predicted octanol–water partition coefficient (Wildman–Crippen LogP) is 3.47. The molecule has 4 amide bonds. The Balaban J connectivity index is 1.60. The second-order valence-electron chi connectivity index (χ2n) is 7.79. The van der Waals surface area contributed by atoms with Gasteiger partial charge in [-0.2, -0.15) is 0 Å². The van der Waals surface area contributed by atoms with Crippen LogP contribution in [0, 0.1) is 5.92 Å². The van der Waals surface area contributed by atoms with E-state index in [0.29, 0.717) is 12.1 Å². The molecule has 1 saturated heterocycles. The van der Waals surface area contributed by atoms with Gasteiger partial charge in [0, 0.05) is 5.69 Å². The summed E-state index contributed by atoms with van der Waals surface area (Å²) >= 11 is 0. The number of rotatable bonds is 6. The topological polar surface area (TPSA) is 78.5 Å². The van der Waals surface area contributed by atoms with Crippen LogP contribution in [0.4, 0.5) is 10.5 Å². The first-order chi connectivity index (χ1) is 13.0. The summed E-state index contributed by atoms with van der Waals surface area (Å²) in [4.78, 5) is 38.7. The zero-order valence-corrected chi connectivity index (χ0v) is 16.2. The van der Waals surface area contributed by atoms with E-state index in [4.69, 9.17) is 0 Å². The summed E-state index contributed by atoms with van der Waals surface area (Å²) in [5.41, 5.74) is 1.08. The number of carbonyl (C=O) groups excluding carboxylic acids is 3. The monoisotopic (exact) mass is 371 g/mol. The van der Waals surface area contributed by atoms with Crippen LogP contribution in [0.3, 0.4) is 0 Å². The molecule has 2 N–H and O–H groups in total. The van der Waals surface area contributed by atoms with Crippen molar-refractivity contribution in [2.45, 2.75) is 64.3 Å². The van der Waals surface area contributed by atoms with E-state index in [1.807, 2.05) is 31.2 Å². The Morgan fingerprint density at radius 1 is 1.26 bits per heavy atom. The van der Waals surface area contributed by atoms with Crippen LogP contribution in [0.25, 0.3) is 0 Å². The molecule has 1 aromatic rings. The third-order valence-corrected chi connectivity index (χ3v) is 5.86. The summed E-state index contributed by atoms with van der Waals surface area (Å²) in [6, 6.07) is 7.26. The number of unbranched alkanes of at least 4 members (excludes halogenated alkanes) is 1. The molecule has 0 aromatic heterocycles. The van der Waals surface area contributed by atoms with E-state index < -0.39 is 11.6 Å². The molecule has 146 valence electrons. The maximum atomic E-state index is 12.9. The highest BCUT2D eigenvalue weighted by Gasteiger charge is 2.55. The molecule has 1 aromatic carbocycles. The third-order valence-electron chi connectivity index (χ3n) is 5.86. The highest BCUT2D eigenvalue weighted by atomic mass is 16.2. The van der Waals surface area contributed by atoms with Gasteiger partial charge in [0.05, 0.1) is 0 Å². The number of hydrogen-bond donors (Lipinski definition) is 2. The lowest BCUT2D eigenvalue weighted by Crippen LogP contribution is -2.54. The lowest BCUT2D eigenvalue weighted by Gasteiger charge is -2.36. The molecule has 27 heavy (non-hydrogen) atoms. The average Bonchev–Trinajstić information content (AvgIpc) is 2.88. The largest absolute Gasteiger partial charge is 0.325 e. The van der Waals surface area contributed by atoms with Gasteiger partial charge in [-0.25, -0.2) is 4.79 Å². The fourth-order valence-corrected chi connectivity index (χ4v) is 4.12. The predicted molar refractivity (Wildman–Crippen MR) is 104 cm³/mol. The van der Waals surface area contributed by atoms with Gasteiger partial charge < -0.3 is 10.6 Å². The van der Waals surface area contributed by atoms with Crippen molar-refractivity contribution in [3.63, 3.8) is 0 Å². The Labute approximate surface area is 160 Å². The Kier molecular flexibility index (Phi) is 5.82. The molecule has 2 aliphatic rings. The van der Waals surface area contributed by atoms with E-state index in [2.05, 4.69) is 17.6 Å². The zero-order valence-electron chi connectivity index (χ0n) is 16.2. The number of imide groups is 1. The van der Waals surface area contributed by atoms with E-state index in [1.165, 1.54) is 5.56 Å². The van der Waals surface area contributed by atoms with Crippen LogP contribution in [-0.4, -0.2) is 34.8 Å². The summed E-state index contributed by atoms with van der Waals surface area (Å²) in [6.45, 7) is 3.90. The summed E-state index contributed by atoms with van der Waals surface area (Å²) < 4.78 is 0. The van der Waals surface area contributed by atoms with E-state index in [9.17, 15) is 14.4 Å². The molecule has 1 aliphatic carbocycles. The quantitative estimate of drug-likeness (QED) is 0.752. The van der Waals surface area contributed by atoms with Crippen molar-refractivity contribution in [3.05, 3.63) is 29.8 Å². The van der Waals surface area contributed by atoms with Crippen molar-refractivity contribution < 1.29 is 14.4 Å². The molecule has 0 radical (unpaired) electrons. The summed E-state index contributed by atoms with van der Waals surface area (Å²) in [5.74, 6) is -0.531. The Morgan fingerprint density at radius 2 is 2.00 bits per heavy atom. The van der Waals surface area contributed by atoms with Gasteiger partial charge >= 0.3 is 6.03 Å². The molecule has 0 unspecified atom stereocenters. The van der Waals surface area contributed by atoms with E-state index in [1.54, 1.807) is 0 Å². The summed E-state index contributed by atoms with van der Waals surface area (Å²) in [5, 5.41) is 5.66. The molecule has 1 aliphatic heterocycles. The zero-order chi connectivity index (χ0) is 19.4. The molecule has 0 bridgehead atoms. The van der Waals surface area contributed by atoms with Crippen LogP contribution in [-0.2, 0) is 16.0 Å². The third kappa shape index (κ3) is 3.99. The smallest absolute Gasteiger partial charge is 0.325 e. The first kappa shape index (κ1) is 19.4. The molecular weight excluding hydrogens is 342 g/mol. The van der Waals surface area contributed by atoms with Crippen LogP contribution >= 0.6 is 0 Å². The van der Waals surface area contributed by atoms with E-state index in [-0.39, 0.29) is 24.3 Å². The molecule has 1 heterocycles. The molecule has 3 rings (SSSR count). The van der Waals surface area contributed by atoms with Crippen molar-refractivity contribution in [2.24, 2.45) is 5.92 Å². The van der Waals surface area contributed by atoms with Crippen LogP contribution in [0.15, 0.2) is 24.3 Å². The first-order valence-electron chi connectivity index (χ1n) is 9.99. The SMILES string of the molecule is CCCCc1ccc(NC(=O)CN2C(=O)N[C@]3(CCCC[C@@H]3C)C2=O)cc1. The fourth-order valence-electron chi connectivity index (χ4n) is 4.12. The Bertz CT molecular complexity index is 716. The van der Waals surface area contributed by atoms with Crippen LogP contribution < -0.4 is 10.6 Å². The molecule has 6 heteroatoms. The number of nitrogens with one attached hydrogen (secondary N) is 2. The molecular formula is C21H29N3O3. The standard InChI is InChI=1S/C21H29N3O3/c1-3-4-8-16-9-11-17(12-10-16)22-18(25)14-24-19(26)21(23-20(24)27)13-6-5-7-15(21)2/h9-12,15H,3-8,13-14H2,1-2H3,(H,22,25)(H,23,27)/t15-,21-/m0/s1. The lowest BCUT2D eigenvalue weighted by molar-refractivity contribution is -0.136. The number of benzene rings is 1. The van der Waals surface area contributed by atoms with E-state index >= 15 is 0 Å². The van der Waals surface area contributed by atoms with Gasteiger partial charge in [0.15, 0.2) is 0 Å². The molecule has 1 spiro atoms. The molecule has 2 atom stereocenters. The average molecular weight is 371 g/mol. The van der Waals surface area contributed by atoms with Gasteiger partial charge in [-0.1, -0.05) is 45.2 Å². The van der Waals surface area contributed by atoms with Crippen molar-refractivity contribution in [2.75, 3.05) is 11.9 Å². The van der Waals surface area contributed by atoms with Gasteiger partial charge in [0.2, 0.25) is 5.91 Å². The van der Waals surface area contributed by atoms with Crippen LogP contribution in [0.2, 0.25) is 0 Å². The summed E-state index contributed by atoms with van der Waals surface area (Å²) in [6.07, 6.45) is 6.85. The van der Waals surface area contributed by atoms with E-state index in [0.717, 1.165) is 43.4 Å². The van der Waals surface area contributed by atoms with Gasteiger partial charge in [-0.15, -0.1) is 0 Å². The molecule has 2 fully saturated rings. The minimum atomic E-state index is -0.823. The number of hydrogen-bond acceptors (Lipinski definition) is 3. The highest BCUT2D eigenvalue weighted by molar-refractivity contribution is 6.10. The number of amides is 4. The summed E-state index contributed by atoms with van der Waals surface area (Å²) in [7, 11) is 0. The van der Waals surface area contributed by atoms with Crippen LogP contribution in [0.5, 0.6) is 0 Å². The van der Waals surface area contributed by atoms with Gasteiger partial charge in [0.25, 0.3) is 5.91 Å². The van der Waals surface area contributed by atoms with Gasteiger partial charge in [-0.3, -0.25) is 14.5 Å². The fraction of sp³-hybridized carbons (Fsp3) is 0.571. The van der Waals surface area contributed by atoms with Crippen molar-refractivity contribution in [1.82, 2.24) is 10.2 Å². The first-order valence-corrected chi connectivity index (χ1v) is 9.99. The number of aryl methyl sites for hydroxylation is 1. The number of nitrogens with zero attached hydrogens (tertiary/aromatic N) is 1. The molecule has 1 saturated carbocycles. The van der Waals surface area contributed by atoms with Gasteiger partial charge in [-0.05, 0) is 49.3 Å². The second kappa shape index (κ2) is 8.11. The minimum absolute atomic E-state index is 0.0893. The normalized spacial score (nSPS) is 25.0. The second-order valence-corrected chi connectivity index (χ2v) is 7.79. The van der Waals surface area contributed by atoms with Crippen molar-refractivity contribution >= 4 is 23.5 Å². The molecule has 6 nitrogen and oxygen atoms in total. The Morgan fingerprint density at radius 3 is 2.67 bits per heavy atom. The van der Waals surface area contributed by atoms with Crippen molar-refractivity contribution in [3.8, 4) is 0 Å². The minimum Gasteiger partial charge on any atom is -0.325 e. The highest BCUT2D eigenvalue weighted by Crippen LogP contribution is 2.38. The number of anilines is 1. The number of carbonyl (C=O) groups is 3.